The topological polar surface area (TPSA) is 89.6 Å². The van der Waals surface area contributed by atoms with Gasteiger partial charge in [-0.05, 0) is 5.56 Å². The Balaban J connectivity index is 1.74. The zero-order chi connectivity index (χ0) is 17.1. The van der Waals surface area contributed by atoms with Gasteiger partial charge in [0, 0.05) is 12.1 Å². The largest absolute Gasteiger partial charge is 0.368 e. The fraction of sp³-hybridized carbons (Fsp3) is 0.0526. The van der Waals surface area contributed by atoms with E-state index in [1.807, 2.05) is 60.7 Å². The summed E-state index contributed by atoms with van der Waals surface area (Å²) in [7, 11) is 0. The molecule has 2 heterocycles. The summed E-state index contributed by atoms with van der Waals surface area (Å²) in [6.45, 7) is 0.615. The fourth-order valence-corrected chi connectivity index (χ4v) is 2.58. The number of hydrogen-bond acceptors (Lipinski definition) is 6. The lowest BCUT2D eigenvalue weighted by Crippen LogP contribution is -2.07. The maximum atomic E-state index is 5.81. The van der Waals surface area contributed by atoms with Gasteiger partial charge in [0.1, 0.15) is 0 Å². The maximum absolute atomic E-state index is 5.81. The van der Waals surface area contributed by atoms with Crippen LogP contribution in [0.1, 0.15) is 5.56 Å². The van der Waals surface area contributed by atoms with Crippen LogP contribution in [-0.4, -0.2) is 19.9 Å². The van der Waals surface area contributed by atoms with Crippen LogP contribution < -0.4 is 11.1 Å². The minimum absolute atomic E-state index is 0.171. The van der Waals surface area contributed by atoms with Crippen molar-refractivity contribution < 1.29 is 0 Å². The summed E-state index contributed by atoms with van der Waals surface area (Å²) in [5.41, 5.74) is 9.79. The van der Waals surface area contributed by atoms with Crippen molar-refractivity contribution in [3.8, 4) is 11.3 Å². The molecule has 2 aromatic carbocycles. The van der Waals surface area contributed by atoms with E-state index in [9.17, 15) is 0 Å². The highest BCUT2D eigenvalue weighted by molar-refractivity contribution is 5.85. The molecule has 4 aromatic rings. The van der Waals surface area contributed by atoms with E-state index < -0.39 is 0 Å². The number of nitrogens with two attached hydrogens (primary N) is 1. The number of rotatable bonds is 4. The molecule has 0 spiro atoms. The smallest absolute Gasteiger partial charge is 0.224 e. The van der Waals surface area contributed by atoms with Crippen molar-refractivity contribution in [2.24, 2.45) is 0 Å². The van der Waals surface area contributed by atoms with Crippen molar-refractivity contribution in [1.29, 1.82) is 0 Å². The first-order valence-electron chi connectivity index (χ1n) is 7.93. The Labute approximate surface area is 144 Å². The molecule has 0 unspecified atom stereocenters. The normalized spacial score (nSPS) is 10.7. The number of benzene rings is 2. The highest BCUT2D eigenvalue weighted by atomic mass is 15.1. The Morgan fingerprint density at radius 3 is 2.32 bits per heavy atom. The second-order valence-corrected chi connectivity index (χ2v) is 5.56. The van der Waals surface area contributed by atoms with Gasteiger partial charge in [0.2, 0.25) is 5.95 Å². The molecule has 3 N–H and O–H groups in total. The molecule has 122 valence electrons. The molecule has 0 saturated carbocycles. The third kappa shape index (κ3) is 3.23. The number of anilines is 2. The van der Waals surface area contributed by atoms with Crippen molar-refractivity contribution in [1.82, 2.24) is 19.9 Å². The molecule has 4 rings (SSSR count). The van der Waals surface area contributed by atoms with Crippen LogP contribution in [-0.2, 0) is 6.54 Å². The number of nitrogens with one attached hydrogen (secondary N) is 1. The van der Waals surface area contributed by atoms with E-state index in [0.717, 1.165) is 16.8 Å². The van der Waals surface area contributed by atoms with Gasteiger partial charge in [0.15, 0.2) is 17.0 Å². The second kappa shape index (κ2) is 6.52. The van der Waals surface area contributed by atoms with E-state index in [4.69, 9.17) is 10.7 Å². The minimum atomic E-state index is 0.171. The van der Waals surface area contributed by atoms with Gasteiger partial charge >= 0.3 is 0 Å². The highest BCUT2D eigenvalue weighted by Gasteiger charge is 2.11. The number of aromatic nitrogens is 4. The summed E-state index contributed by atoms with van der Waals surface area (Å²) in [6.07, 6.45) is 1.70. The molecule has 0 radical (unpaired) electrons. The predicted molar refractivity (Wildman–Crippen MR) is 98.7 cm³/mol. The Hall–Kier alpha value is -3.54. The summed E-state index contributed by atoms with van der Waals surface area (Å²) in [6, 6.07) is 19.9. The van der Waals surface area contributed by atoms with Crippen molar-refractivity contribution in [3.05, 3.63) is 72.4 Å². The van der Waals surface area contributed by atoms with Crippen LogP contribution in [0.25, 0.3) is 22.4 Å². The summed E-state index contributed by atoms with van der Waals surface area (Å²) < 4.78 is 0. The highest BCUT2D eigenvalue weighted by Crippen LogP contribution is 2.23. The van der Waals surface area contributed by atoms with Crippen LogP contribution in [0.3, 0.4) is 0 Å². The summed E-state index contributed by atoms with van der Waals surface area (Å²) in [5.74, 6) is 0.751. The molecule has 0 aliphatic rings. The molecular weight excluding hydrogens is 312 g/mol. The fourth-order valence-electron chi connectivity index (χ4n) is 2.58. The SMILES string of the molecule is Nc1nc(NCc2ccccc2)c2nc(-c3ccccc3)cnc2n1. The maximum Gasteiger partial charge on any atom is 0.224 e. The van der Waals surface area contributed by atoms with Crippen LogP contribution in [0.15, 0.2) is 66.9 Å². The number of fused-ring (bicyclic) bond motifs is 1. The van der Waals surface area contributed by atoms with Gasteiger partial charge in [-0.25, -0.2) is 9.97 Å². The van der Waals surface area contributed by atoms with Gasteiger partial charge in [-0.1, -0.05) is 60.7 Å². The van der Waals surface area contributed by atoms with E-state index in [1.165, 1.54) is 0 Å². The number of nitrogens with zero attached hydrogens (tertiary/aromatic N) is 4. The third-order valence-electron chi connectivity index (χ3n) is 3.80. The van der Waals surface area contributed by atoms with Gasteiger partial charge in [0.05, 0.1) is 11.9 Å². The lowest BCUT2D eigenvalue weighted by molar-refractivity contribution is 1.09. The monoisotopic (exact) mass is 328 g/mol. The Bertz CT molecular complexity index is 1000. The lowest BCUT2D eigenvalue weighted by Gasteiger charge is -2.09. The van der Waals surface area contributed by atoms with Crippen LogP contribution in [0, 0.1) is 0 Å². The van der Waals surface area contributed by atoms with Gasteiger partial charge in [-0.2, -0.15) is 9.97 Å². The summed E-state index contributed by atoms with van der Waals surface area (Å²) in [4.78, 5) is 17.6. The average molecular weight is 328 g/mol. The molecule has 2 aromatic heterocycles. The minimum Gasteiger partial charge on any atom is -0.368 e. The van der Waals surface area contributed by atoms with Gasteiger partial charge in [-0.3, -0.25) is 0 Å². The summed E-state index contributed by atoms with van der Waals surface area (Å²) >= 11 is 0. The molecule has 0 atom stereocenters. The summed E-state index contributed by atoms with van der Waals surface area (Å²) in [5, 5.41) is 3.29. The molecular formula is C19H16N6. The van der Waals surface area contributed by atoms with Crippen LogP contribution in [0.2, 0.25) is 0 Å². The van der Waals surface area contributed by atoms with Gasteiger partial charge in [0.25, 0.3) is 0 Å². The van der Waals surface area contributed by atoms with Crippen molar-refractivity contribution in [3.63, 3.8) is 0 Å². The van der Waals surface area contributed by atoms with E-state index in [2.05, 4.69) is 20.3 Å². The standard InChI is InChI=1S/C19H16N6/c20-19-24-17(21-11-13-7-3-1-4-8-13)16-18(25-19)22-12-15(23-16)14-9-5-2-6-10-14/h1-10,12H,11H2,(H3,20,21,22,24,25). The lowest BCUT2D eigenvalue weighted by atomic mass is 10.2. The Morgan fingerprint density at radius 2 is 1.56 bits per heavy atom. The molecule has 0 bridgehead atoms. The zero-order valence-corrected chi connectivity index (χ0v) is 13.4. The first kappa shape index (κ1) is 15.0. The zero-order valence-electron chi connectivity index (χ0n) is 13.4. The van der Waals surface area contributed by atoms with Crippen LogP contribution >= 0.6 is 0 Å². The second-order valence-electron chi connectivity index (χ2n) is 5.56. The van der Waals surface area contributed by atoms with E-state index >= 15 is 0 Å². The van der Waals surface area contributed by atoms with E-state index in [-0.39, 0.29) is 5.95 Å². The van der Waals surface area contributed by atoms with Crippen molar-refractivity contribution >= 4 is 22.9 Å². The first-order chi connectivity index (χ1) is 12.3. The predicted octanol–water partition coefficient (Wildman–Crippen LogP) is 3.28. The molecule has 25 heavy (non-hydrogen) atoms. The van der Waals surface area contributed by atoms with E-state index in [1.54, 1.807) is 6.20 Å². The first-order valence-corrected chi connectivity index (χ1v) is 7.93. The molecule has 0 amide bonds. The molecule has 0 aliphatic carbocycles. The molecule has 6 heteroatoms. The van der Waals surface area contributed by atoms with E-state index in [0.29, 0.717) is 23.5 Å². The average Bonchev–Trinajstić information content (AvgIpc) is 2.67. The Morgan fingerprint density at radius 1 is 0.840 bits per heavy atom. The number of nitrogen functional groups attached to an aromatic ring is 1. The third-order valence-corrected chi connectivity index (χ3v) is 3.80. The molecule has 6 nitrogen and oxygen atoms in total. The quantitative estimate of drug-likeness (QED) is 0.597. The molecule has 0 fully saturated rings. The van der Waals surface area contributed by atoms with Crippen LogP contribution in [0.5, 0.6) is 0 Å². The molecule has 0 saturated heterocycles. The van der Waals surface area contributed by atoms with Gasteiger partial charge in [-0.15, -0.1) is 0 Å². The molecule has 0 aliphatic heterocycles. The number of hydrogen-bond donors (Lipinski definition) is 2. The van der Waals surface area contributed by atoms with Crippen molar-refractivity contribution in [2.45, 2.75) is 6.54 Å². The Kier molecular flexibility index (Phi) is 3.92. The van der Waals surface area contributed by atoms with Crippen molar-refractivity contribution in [2.75, 3.05) is 11.1 Å². The van der Waals surface area contributed by atoms with Crippen LogP contribution in [0.4, 0.5) is 11.8 Å². The van der Waals surface area contributed by atoms with Gasteiger partial charge < -0.3 is 11.1 Å².